The summed E-state index contributed by atoms with van der Waals surface area (Å²) in [6, 6.07) is 2.66. The van der Waals surface area contributed by atoms with Crippen LogP contribution in [0.25, 0.3) is 0 Å². The van der Waals surface area contributed by atoms with Crippen molar-refractivity contribution in [1.82, 2.24) is 4.98 Å². The topological polar surface area (TPSA) is 103 Å². The minimum atomic E-state index is -0.486. The zero-order chi connectivity index (χ0) is 13.1. The Kier molecular flexibility index (Phi) is 3.61. The van der Waals surface area contributed by atoms with Gasteiger partial charge in [-0.1, -0.05) is 0 Å². The van der Waals surface area contributed by atoms with Gasteiger partial charge in [-0.3, -0.25) is 10.1 Å². The molecular weight excluding hydrogens is 236 g/mol. The van der Waals surface area contributed by atoms with Gasteiger partial charge in [0.05, 0.1) is 29.2 Å². The van der Waals surface area contributed by atoms with Gasteiger partial charge in [-0.05, 0) is 19.8 Å². The highest BCUT2D eigenvalue weighted by atomic mass is 16.6. The molecular formula is C11H16N4O3. The zero-order valence-electron chi connectivity index (χ0n) is 10.1. The summed E-state index contributed by atoms with van der Waals surface area (Å²) in [5, 5.41) is 13.8. The van der Waals surface area contributed by atoms with Crippen LogP contribution < -0.4 is 11.1 Å². The molecule has 7 heteroatoms. The quantitative estimate of drug-likeness (QED) is 0.622. The molecule has 0 aromatic carbocycles. The van der Waals surface area contributed by atoms with Gasteiger partial charge >= 0.3 is 0 Å². The molecule has 0 amide bonds. The van der Waals surface area contributed by atoms with Crippen LogP contribution in [-0.4, -0.2) is 28.7 Å². The Labute approximate surface area is 104 Å². The highest BCUT2D eigenvalue weighted by Crippen LogP contribution is 2.22. The second-order valence-electron chi connectivity index (χ2n) is 4.38. The van der Waals surface area contributed by atoms with Gasteiger partial charge in [0.25, 0.3) is 5.69 Å². The standard InChI is InChI=1S/C11H16N4O3/c1-7(9-3-2-4-18-9)13-11-6-8(15(16)17)5-10(12)14-11/h5-7,9H,2-4H2,1H3,(H3,12,13,14). The van der Waals surface area contributed by atoms with Crippen LogP contribution >= 0.6 is 0 Å². The van der Waals surface area contributed by atoms with E-state index in [4.69, 9.17) is 10.5 Å². The largest absolute Gasteiger partial charge is 0.383 e. The van der Waals surface area contributed by atoms with Crippen molar-refractivity contribution in [2.45, 2.75) is 31.9 Å². The number of hydrogen-bond donors (Lipinski definition) is 2. The number of ether oxygens (including phenoxy) is 1. The average molecular weight is 252 g/mol. The highest BCUT2D eigenvalue weighted by Gasteiger charge is 2.23. The second kappa shape index (κ2) is 5.18. The first kappa shape index (κ1) is 12.6. The van der Waals surface area contributed by atoms with Crippen molar-refractivity contribution in [2.75, 3.05) is 17.7 Å². The summed E-state index contributed by atoms with van der Waals surface area (Å²) < 4.78 is 5.54. The molecule has 1 aromatic rings. The Balaban J connectivity index is 2.10. The van der Waals surface area contributed by atoms with Gasteiger partial charge in [0.2, 0.25) is 0 Å². The van der Waals surface area contributed by atoms with Crippen LogP contribution in [0.15, 0.2) is 12.1 Å². The van der Waals surface area contributed by atoms with Crippen molar-refractivity contribution in [2.24, 2.45) is 0 Å². The molecule has 2 rings (SSSR count). The van der Waals surface area contributed by atoms with Gasteiger partial charge < -0.3 is 15.8 Å². The fourth-order valence-electron chi connectivity index (χ4n) is 2.04. The maximum atomic E-state index is 10.7. The molecule has 1 aliphatic rings. The maximum Gasteiger partial charge on any atom is 0.276 e. The molecule has 3 N–H and O–H groups in total. The van der Waals surface area contributed by atoms with Crippen LogP contribution in [0.1, 0.15) is 19.8 Å². The highest BCUT2D eigenvalue weighted by molar-refractivity contribution is 5.53. The molecule has 2 unspecified atom stereocenters. The lowest BCUT2D eigenvalue weighted by Gasteiger charge is -2.20. The Morgan fingerprint density at radius 2 is 2.44 bits per heavy atom. The first-order valence-electron chi connectivity index (χ1n) is 5.86. The molecule has 1 fully saturated rings. The normalized spacial score (nSPS) is 20.6. The third-order valence-corrected chi connectivity index (χ3v) is 2.94. The predicted molar refractivity (Wildman–Crippen MR) is 67.4 cm³/mol. The maximum absolute atomic E-state index is 10.7. The smallest absolute Gasteiger partial charge is 0.276 e. The number of nitrogens with one attached hydrogen (secondary N) is 1. The van der Waals surface area contributed by atoms with E-state index in [2.05, 4.69) is 10.3 Å². The van der Waals surface area contributed by atoms with Crippen molar-refractivity contribution < 1.29 is 9.66 Å². The van der Waals surface area contributed by atoms with Crippen molar-refractivity contribution in [3.8, 4) is 0 Å². The minimum Gasteiger partial charge on any atom is -0.383 e. The summed E-state index contributed by atoms with van der Waals surface area (Å²) in [4.78, 5) is 14.3. The molecule has 0 radical (unpaired) electrons. The van der Waals surface area contributed by atoms with Gasteiger partial charge in [-0.15, -0.1) is 0 Å². The Hall–Kier alpha value is -1.89. The van der Waals surface area contributed by atoms with Crippen LogP contribution in [0.2, 0.25) is 0 Å². The van der Waals surface area contributed by atoms with E-state index >= 15 is 0 Å². The average Bonchev–Trinajstić information content (AvgIpc) is 2.81. The Bertz CT molecular complexity index is 446. The Morgan fingerprint density at radius 3 is 3.06 bits per heavy atom. The lowest BCUT2D eigenvalue weighted by Crippen LogP contribution is -2.30. The fourth-order valence-corrected chi connectivity index (χ4v) is 2.04. The molecule has 18 heavy (non-hydrogen) atoms. The van der Waals surface area contributed by atoms with Crippen molar-refractivity contribution in [3.63, 3.8) is 0 Å². The van der Waals surface area contributed by atoms with E-state index in [9.17, 15) is 10.1 Å². The molecule has 7 nitrogen and oxygen atoms in total. The lowest BCUT2D eigenvalue weighted by molar-refractivity contribution is -0.384. The number of anilines is 2. The van der Waals surface area contributed by atoms with E-state index in [1.165, 1.54) is 12.1 Å². The first-order valence-corrected chi connectivity index (χ1v) is 5.86. The number of nitrogens with zero attached hydrogens (tertiary/aromatic N) is 2. The van der Waals surface area contributed by atoms with Crippen molar-refractivity contribution in [3.05, 3.63) is 22.2 Å². The zero-order valence-corrected chi connectivity index (χ0v) is 10.1. The van der Waals surface area contributed by atoms with E-state index in [0.29, 0.717) is 5.82 Å². The number of aromatic nitrogens is 1. The summed E-state index contributed by atoms with van der Waals surface area (Å²) in [5.41, 5.74) is 5.47. The number of hydrogen-bond acceptors (Lipinski definition) is 6. The van der Waals surface area contributed by atoms with Crippen LogP contribution in [0.4, 0.5) is 17.3 Å². The van der Waals surface area contributed by atoms with E-state index < -0.39 is 4.92 Å². The van der Waals surface area contributed by atoms with Gasteiger partial charge in [0.15, 0.2) is 0 Å². The molecule has 2 heterocycles. The summed E-state index contributed by atoms with van der Waals surface area (Å²) in [6.07, 6.45) is 2.15. The summed E-state index contributed by atoms with van der Waals surface area (Å²) in [7, 11) is 0. The summed E-state index contributed by atoms with van der Waals surface area (Å²) >= 11 is 0. The van der Waals surface area contributed by atoms with E-state index in [0.717, 1.165) is 19.4 Å². The number of nitro groups is 1. The lowest BCUT2D eigenvalue weighted by atomic mass is 10.1. The predicted octanol–water partition coefficient (Wildman–Crippen LogP) is 1.55. The van der Waals surface area contributed by atoms with Crippen LogP contribution in [-0.2, 0) is 4.74 Å². The van der Waals surface area contributed by atoms with E-state index in [1.54, 1.807) is 0 Å². The summed E-state index contributed by atoms with van der Waals surface area (Å²) in [6.45, 7) is 2.73. The number of pyridine rings is 1. The van der Waals surface area contributed by atoms with Crippen molar-refractivity contribution >= 4 is 17.3 Å². The van der Waals surface area contributed by atoms with Crippen molar-refractivity contribution in [1.29, 1.82) is 0 Å². The van der Waals surface area contributed by atoms with Crippen LogP contribution in [0.3, 0.4) is 0 Å². The van der Waals surface area contributed by atoms with Crippen LogP contribution in [0.5, 0.6) is 0 Å². The second-order valence-corrected chi connectivity index (χ2v) is 4.38. The molecule has 1 aliphatic heterocycles. The molecule has 2 atom stereocenters. The third-order valence-electron chi connectivity index (χ3n) is 2.94. The molecule has 1 saturated heterocycles. The van der Waals surface area contributed by atoms with Gasteiger partial charge in [-0.25, -0.2) is 4.98 Å². The molecule has 0 spiro atoms. The van der Waals surface area contributed by atoms with E-state index in [1.807, 2.05) is 6.92 Å². The Morgan fingerprint density at radius 1 is 1.67 bits per heavy atom. The van der Waals surface area contributed by atoms with Crippen LogP contribution in [0, 0.1) is 10.1 Å². The molecule has 98 valence electrons. The monoisotopic (exact) mass is 252 g/mol. The fraction of sp³-hybridized carbons (Fsp3) is 0.545. The summed E-state index contributed by atoms with van der Waals surface area (Å²) in [5.74, 6) is 0.538. The third kappa shape index (κ3) is 2.86. The number of rotatable bonds is 4. The first-order chi connectivity index (χ1) is 8.56. The van der Waals surface area contributed by atoms with E-state index in [-0.39, 0.29) is 23.7 Å². The van der Waals surface area contributed by atoms with Gasteiger partial charge in [-0.2, -0.15) is 0 Å². The molecule has 0 aliphatic carbocycles. The van der Waals surface area contributed by atoms with Gasteiger partial charge in [0, 0.05) is 6.61 Å². The SMILES string of the molecule is CC(Nc1cc([N+](=O)[O-])cc(N)n1)C1CCCO1. The number of nitrogens with two attached hydrogens (primary N) is 1. The molecule has 1 aromatic heterocycles. The van der Waals surface area contributed by atoms with Gasteiger partial charge in [0.1, 0.15) is 11.6 Å². The molecule has 0 bridgehead atoms. The molecule has 0 saturated carbocycles. The number of nitrogen functional groups attached to an aromatic ring is 1. The minimum absolute atomic E-state index is 0.0430.